The van der Waals surface area contributed by atoms with Gasteiger partial charge in [-0.1, -0.05) is 11.6 Å². The highest BCUT2D eigenvalue weighted by Gasteiger charge is 2.23. The molecular weight excluding hydrogens is 437 g/mol. The number of nitrogens with one attached hydrogen (secondary N) is 2. The minimum absolute atomic E-state index is 0.153. The number of urea groups is 1. The average molecular weight is 462 g/mol. The van der Waals surface area contributed by atoms with E-state index in [9.17, 15) is 14.3 Å². The predicted octanol–water partition coefficient (Wildman–Crippen LogP) is 4.74. The molecule has 0 aliphatic rings. The van der Waals surface area contributed by atoms with E-state index in [4.69, 9.17) is 22.1 Å². The number of benzene rings is 2. The fourth-order valence-electron chi connectivity index (χ4n) is 3.18. The minimum atomic E-state index is -0.582. The number of halogens is 2. The maximum absolute atomic E-state index is 14.5. The first-order valence-corrected chi connectivity index (χ1v) is 10.2. The number of amides is 2. The highest BCUT2D eigenvalue weighted by atomic mass is 35.5. The van der Waals surface area contributed by atoms with Crippen LogP contribution in [0.4, 0.5) is 20.6 Å². The third kappa shape index (κ3) is 5.49. The summed E-state index contributed by atoms with van der Waals surface area (Å²) in [7, 11) is 1.62. The normalized spacial score (nSPS) is 11.3. The molecule has 170 valence electrons. The first kappa shape index (κ1) is 23.4. The van der Waals surface area contributed by atoms with Crippen LogP contribution in [0.2, 0.25) is 5.02 Å². The van der Waals surface area contributed by atoms with E-state index in [1.54, 1.807) is 31.3 Å². The molecule has 2 amide bonds. The lowest BCUT2D eigenvalue weighted by molar-refractivity contribution is 0.103. The largest absolute Gasteiger partial charge is 0.506 e. The smallest absolute Gasteiger partial charge is 0.323 e. The maximum atomic E-state index is 14.5. The number of aromatic nitrogens is 2. The lowest BCUT2D eigenvalue weighted by Gasteiger charge is -2.27. The van der Waals surface area contributed by atoms with E-state index in [0.29, 0.717) is 35.7 Å². The van der Waals surface area contributed by atoms with Crippen LogP contribution in [0.3, 0.4) is 0 Å². The van der Waals surface area contributed by atoms with Crippen LogP contribution in [-0.2, 0) is 7.05 Å². The quantitative estimate of drug-likeness (QED) is 0.406. The molecule has 0 aliphatic carbocycles. The van der Waals surface area contributed by atoms with Crippen molar-refractivity contribution in [1.29, 1.82) is 0 Å². The molecule has 8 nitrogen and oxygen atoms in total. The molecule has 0 unspecified atom stereocenters. The van der Waals surface area contributed by atoms with Gasteiger partial charge >= 0.3 is 6.03 Å². The zero-order valence-electron chi connectivity index (χ0n) is 17.9. The molecule has 1 heterocycles. The summed E-state index contributed by atoms with van der Waals surface area (Å²) in [6, 6.07) is 8.69. The van der Waals surface area contributed by atoms with Gasteiger partial charge in [-0.3, -0.25) is 4.68 Å². The predicted molar refractivity (Wildman–Crippen MR) is 123 cm³/mol. The van der Waals surface area contributed by atoms with Crippen LogP contribution in [0.25, 0.3) is 11.3 Å². The van der Waals surface area contributed by atoms with Crippen molar-refractivity contribution in [1.82, 2.24) is 9.78 Å². The van der Waals surface area contributed by atoms with Gasteiger partial charge in [0.1, 0.15) is 22.8 Å². The van der Waals surface area contributed by atoms with E-state index >= 15 is 0 Å². The summed E-state index contributed by atoms with van der Waals surface area (Å²) >= 11 is 5.78. The molecule has 0 spiro atoms. The Hall–Kier alpha value is -3.30. The summed E-state index contributed by atoms with van der Waals surface area (Å²) in [6.45, 7) is 4.22. The monoisotopic (exact) mass is 461 g/mol. The number of hydrogen-bond acceptors (Lipinski definition) is 5. The summed E-state index contributed by atoms with van der Waals surface area (Å²) in [5, 5.41) is 19.1. The molecule has 10 heteroatoms. The van der Waals surface area contributed by atoms with Crippen LogP contribution in [0.15, 0.2) is 42.6 Å². The molecular formula is C22H25ClFN5O3. The van der Waals surface area contributed by atoms with Crippen molar-refractivity contribution in [3.63, 3.8) is 0 Å². The summed E-state index contributed by atoms with van der Waals surface area (Å²) in [5.74, 6) is -0.244. The number of hydrogen-bond donors (Lipinski definition) is 4. The summed E-state index contributed by atoms with van der Waals surface area (Å²) < 4.78 is 22.0. The molecule has 0 saturated heterocycles. The maximum Gasteiger partial charge on any atom is 0.323 e. The Morgan fingerprint density at radius 3 is 2.50 bits per heavy atom. The van der Waals surface area contributed by atoms with Gasteiger partial charge in [0, 0.05) is 30.1 Å². The zero-order chi connectivity index (χ0) is 23.5. The second-order valence-electron chi connectivity index (χ2n) is 7.82. The van der Waals surface area contributed by atoms with E-state index in [-0.39, 0.29) is 16.5 Å². The van der Waals surface area contributed by atoms with Gasteiger partial charge in [-0.25, -0.2) is 9.18 Å². The standard InChI is InChI=1S/C22H25ClFN5O3/c1-22(2,8-9-25)32-19-7-5-13(10-15(19)20-17(24)12-26-29(20)3)27-21(31)28-14-4-6-16(23)18(30)11-14/h4-7,10-12,30H,8-9,25H2,1-3H3,(H2,27,28,31). The number of phenols is 1. The highest BCUT2D eigenvalue weighted by Crippen LogP contribution is 2.36. The third-order valence-corrected chi connectivity index (χ3v) is 5.04. The topological polar surface area (TPSA) is 114 Å². The molecule has 0 bridgehead atoms. The van der Waals surface area contributed by atoms with Crippen LogP contribution >= 0.6 is 11.6 Å². The number of carbonyl (C=O) groups is 1. The number of ether oxygens (including phenoxy) is 1. The Labute approximate surface area is 190 Å². The minimum Gasteiger partial charge on any atom is -0.506 e. The van der Waals surface area contributed by atoms with Crippen molar-refractivity contribution in [2.75, 3.05) is 17.2 Å². The van der Waals surface area contributed by atoms with Gasteiger partial charge in [0.15, 0.2) is 5.82 Å². The number of aryl methyl sites for hydroxylation is 1. The summed E-state index contributed by atoms with van der Waals surface area (Å²) in [6.07, 6.45) is 1.71. The van der Waals surface area contributed by atoms with Crippen LogP contribution in [0.1, 0.15) is 20.3 Å². The molecule has 3 rings (SSSR count). The average Bonchev–Trinajstić information content (AvgIpc) is 3.04. The first-order valence-electron chi connectivity index (χ1n) is 9.87. The van der Waals surface area contributed by atoms with Crippen molar-refractivity contribution < 1.29 is 19.0 Å². The molecule has 0 atom stereocenters. The van der Waals surface area contributed by atoms with Crippen molar-refractivity contribution in [3.05, 3.63) is 53.4 Å². The fraction of sp³-hybridized carbons (Fsp3) is 0.273. The van der Waals surface area contributed by atoms with E-state index in [1.165, 1.54) is 16.8 Å². The number of rotatable bonds is 7. The molecule has 2 aromatic carbocycles. The summed E-state index contributed by atoms with van der Waals surface area (Å²) in [5.41, 5.74) is 6.49. The van der Waals surface area contributed by atoms with E-state index in [0.717, 1.165) is 6.20 Å². The van der Waals surface area contributed by atoms with Gasteiger partial charge in [-0.2, -0.15) is 5.10 Å². The first-order chi connectivity index (χ1) is 15.1. The van der Waals surface area contributed by atoms with Gasteiger partial charge in [-0.15, -0.1) is 0 Å². The van der Waals surface area contributed by atoms with Crippen LogP contribution in [-0.4, -0.2) is 33.1 Å². The molecule has 0 aliphatic heterocycles. The van der Waals surface area contributed by atoms with Crippen molar-refractivity contribution in [2.24, 2.45) is 12.8 Å². The second kappa shape index (κ2) is 9.46. The van der Waals surface area contributed by atoms with Crippen LogP contribution in [0.5, 0.6) is 11.5 Å². The number of nitrogens with zero attached hydrogens (tertiary/aromatic N) is 2. The lowest BCUT2D eigenvalue weighted by atomic mass is 10.0. The SMILES string of the molecule is Cn1ncc(F)c1-c1cc(NC(=O)Nc2ccc(Cl)c(O)c2)ccc1OC(C)(C)CCN. The fourth-order valence-corrected chi connectivity index (χ4v) is 3.29. The second-order valence-corrected chi connectivity index (χ2v) is 8.23. The van der Waals surface area contributed by atoms with Crippen molar-refractivity contribution >= 4 is 29.0 Å². The van der Waals surface area contributed by atoms with Crippen molar-refractivity contribution in [2.45, 2.75) is 25.9 Å². The Bertz CT molecular complexity index is 1110. The third-order valence-electron chi connectivity index (χ3n) is 4.72. The van der Waals surface area contributed by atoms with E-state index < -0.39 is 17.4 Å². The Balaban J connectivity index is 1.90. The van der Waals surface area contributed by atoms with Gasteiger partial charge in [0.25, 0.3) is 0 Å². The number of anilines is 2. The molecule has 5 N–H and O–H groups in total. The number of aromatic hydroxyl groups is 1. The molecule has 32 heavy (non-hydrogen) atoms. The van der Waals surface area contributed by atoms with E-state index in [2.05, 4.69) is 15.7 Å². The molecule has 0 saturated carbocycles. The van der Waals surface area contributed by atoms with Crippen LogP contribution in [0, 0.1) is 5.82 Å². The Kier molecular flexibility index (Phi) is 6.90. The van der Waals surface area contributed by atoms with Gasteiger partial charge in [0.05, 0.1) is 11.2 Å². The molecule has 0 radical (unpaired) electrons. The van der Waals surface area contributed by atoms with Gasteiger partial charge in [0.2, 0.25) is 0 Å². The van der Waals surface area contributed by atoms with Crippen LogP contribution < -0.4 is 21.1 Å². The number of carbonyl (C=O) groups excluding carboxylic acids is 1. The molecule has 0 fully saturated rings. The summed E-state index contributed by atoms with van der Waals surface area (Å²) in [4.78, 5) is 12.4. The molecule has 3 aromatic rings. The van der Waals surface area contributed by atoms with E-state index in [1.807, 2.05) is 13.8 Å². The Morgan fingerprint density at radius 2 is 1.91 bits per heavy atom. The lowest BCUT2D eigenvalue weighted by Crippen LogP contribution is -2.31. The zero-order valence-corrected chi connectivity index (χ0v) is 18.7. The molecule has 1 aromatic heterocycles. The van der Waals surface area contributed by atoms with Crippen molar-refractivity contribution in [3.8, 4) is 22.8 Å². The van der Waals surface area contributed by atoms with Gasteiger partial charge < -0.3 is 26.2 Å². The number of nitrogens with two attached hydrogens (primary N) is 1. The Morgan fingerprint density at radius 1 is 1.25 bits per heavy atom. The highest BCUT2D eigenvalue weighted by molar-refractivity contribution is 6.32. The van der Waals surface area contributed by atoms with Gasteiger partial charge in [-0.05, 0) is 57.1 Å². The number of phenolic OH excluding ortho intramolecular Hbond substituents is 1.